The highest BCUT2D eigenvalue weighted by molar-refractivity contribution is 6.31. The fourth-order valence-corrected chi connectivity index (χ4v) is 3.49. The second-order valence-corrected chi connectivity index (χ2v) is 6.43. The van der Waals surface area contributed by atoms with Gasteiger partial charge >= 0.3 is 0 Å². The van der Waals surface area contributed by atoms with E-state index in [0.717, 1.165) is 13.1 Å². The van der Waals surface area contributed by atoms with Gasteiger partial charge < -0.3 is 9.84 Å². The molecule has 2 saturated heterocycles. The first-order chi connectivity index (χ1) is 9.58. The van der Waals surface area contributed by atoms with Crippen molar-refractivity contribution in [1.29, 1.82) is 0 Å². The van der Waals surface area contributed by atoms with E-state index in [0.29, 0.717) is 23.4 Å². The van der Waals surface area contributed by atoms with E-state index in [1.165, 1.54) is 12.8 Å². The largest absolute Gasteiger partial charge is 0.384 e. The normalized spacial score (nSPS) is 28.9. The Morgan fingerprint density at radius 1 is 1.50 bits per heavy atom. The molecule has 3 rings (SSSR count). The van der Waals surface area contributed by atoms with Crippen LogP contribution in [0.25, 0.3) is 0 Å². The van der Waals surface area contributed by atoms with Crippen LogP contribution >= 0.6 is 11.6 Å². The van der Waals surface area contributed by atoms with Gasteiger partial charge in [0.15, 0.2) is 0 Å². The highest BCUT2D eigenvalue weighted by Crippen LogP contribution is 2.32. The van der Waals surface area contributed by atoms with E-state index in [2.05, 4.69) is 10.00 Å². The van der Waals surface area contributed by atoms with Gasteiger partial charge in [-0.25, -0.2) is 0 Å². The number of rotatable bonds is 3. The van der Waals surface area contributed by atoms with Gasteiger partial charge in [0.05, 0.1) is 23.5 Å². The first-order valence-corrected chi connectivity index (χ1v) is 7.72. The first kappa shape index (κ1) is 14.3. The van der Waals surface area contributed by atoms with Gasteiger partial charge in [0, 0.05) is 18.6 Å². The predicted octanol–water partition coefficient (Wildman–Crippen LogP) is 2.01. The molecular weight excluding hydrogens is 278 g/mol. The van der Waals surface area contributed by atoms with Crippen LogP contribution in [0.4, 0.5) is 0 Å². The van der Waals surface area contributed by atoms with Gasteiger partial charge in [-0.2, -0.15) is 5.10 Å². The van der Waals surface area contributed by atoms with Crippen molar-refractivity contribution in [3.63, 3.8) is 0 Å². The molecule has 1 N–H and O–H groups in total. The maximum absolute atomic E-state index is 10.7. The van der Waals surface area contributed by atoms with Gasteiger partial charge in [0.25, 0.3) is 0 Å². The third-order valence-corrected chi connectivity index (χ3v) is 4.62. The molecule has 2 aliphatic rings. The van der Waals surface area contributed by atoms with E-state index in [4.69, 9.17) is 16.3 Å². The lowest BCUT2D eigenvalue weighted by Gasteiger charge is -2.37. The zero-order valence-corrected chi connectivity index (χ0v) is 12.8. The second kappa shape index (κ2) is 5.64. The molecule has 0 amide bonds. The quantitative estimate of drug-likeness (QED) is 0.928. The van der Waals surface area contributed by atoms with Gasteiger partial charge in [-0.15, -0.1) is 0 Å². The molecule has 1 aromatic heterocycles. The molecule has 1 aromatic rings. The lowest BCUT2D eigenvalue weighted by Crippen LogP contribution is -2.48. The SMILES string of the molecule is CC(C)n1ncc(Cl)c1C(O)C1CN2CCCC2CO1. The first-order valence-electron chi connectivity index (χ1n) is 7.34. The zero-order chi connectivity index (χ0) is 14.3. The Labute approximate surface area is 124 Å². The van der Waals surface area contributed by atoms with Crippen LogP contribution in [0.5, 0.6) is 0 Å². The highest BCUT2D eigenvalue weighted by atomic mass is 35.5. The summed E-state index contributed by atoms with van der Waals surface area (Å²) in [6, 6.07) is 0.694. The van der Waals surface area contributed by atoms with Gasteiger partial charge in [-0.1, -0.05) is 11.6 Å². The van der Waals surface area contributed by atoms with Crippen molar-refractivity contribution in [3.05, 3.63) is 16.9 Å². The minimum Gasteiger partial charge on any atom is -0.384 e. The Kier molecular flexibility index (Phi) is 4.04. The van der Waals surface area contributed by atoms with E-state index < -0.39 is 6.10 Å². The van der Waals surface area contributed by atoms with Crippen LogP contribution in [0.1, 0.15) is 44.5 Å². The molecule has 2 fully saturated rings. The lowest BCUT2D eigenvalue weighted by molar-refractivity contribution is -0.106. The van der Waals surface area contributed by atoms with Crippen molar-refractivity contribution in [2.75, 3.05) is 19.7 Å². The molecule has 0 saturated carbocycles. The molecule has 2 aliphatic heterocycles. The number of hydrogen-bond acceptors (Lipinski definition) is 4. The molecule has 0 spiro atoms. The number of halogens is 1. The lowest BCUT2D eigenvalue weighted by atomic mass is 10.1. The molecule has 3 heterocycles. The van der Waals surface area contributed by atoms with Gasteiger partial charge in [0.1, 0.15) is 12.2 Å². The summed E-state index contributed by atoms with van der Waals surface area (Å²) in [5, 5.41) is 15.4. The molecule has 0 aromatic carbocycles. The number of aliphatic hydroxyl groups is 1. The van der Waals surface area contributed by atoms with E-state index in [9.17, 15) is 5.11 Å². The molecule has 20 heavy (non-hydrogen) atoms. The average Bonchev–Trinajstić information content (AvgIpc) is 3.03. The Morgan fingerprint density at radius 3 is 3.05 bits per heavy atom. The number of morpholine rings is 1. The van der Waals surface area contributed by atoms with Crippen LogP contribution in [0, 0.1) is 0 Å². The van der Waals surface area contributed by atoms with Crippen molar-refractivity contribution in [3.8, 4) is 0 Å². The zero-order valence-electron chi connectivity index (χ0n) is 12.0. The summed E-state index contributed by atoms with van der Waals surface area (Å²) in [5.41, 5.74) is 0.671. The van der Waals surface area contributed by atoms with E-state index in [1.807, 2.05) is 13.8 Å². The van der Waals surface area contributed by atoms with Crippen molar-refractivity contribution < 1.29 is 9.84 Å². The maximum Gasteiger partial charge on any atom is 0.124 e. The highest BCUT2D eigenvalue weighted by Gasteiger charge is 2.37. The number of hydrogen-bond donors (Lipinski definition) is 1. The van der Waals surface area contributed by atoms with Crippen LogP contribution in [0.15, 0.2) is 6.20 Å². The Morgan fingerprint density at radius 2 is 2.30 bits per heavy atom. The van der Waals surface area contributed by atoms with Crippen molar-refractivity contribution in [2.24, 2.45) is 0 Å². The summed E-state index contributed by atoms with van der Waals surface area (Å²) in [6.45, 7) is 6.63. The number of nitrogens with zero attached hydrogens (tertiary/aromatic N) is 3. The molecule has 5 nitrogen and oxygen atoms in total. The summed E-state index contributed by atoms with van der Waals surface area (Å²) in [6.07, 6.45) is 3.07. The number of aromatic nitrogens is 2. The Balaban J connectivity index is 1.79. The molecule has 0 aliphatic carbocycles. The molecule has 0 radical (unpaired) electrons. The molecular formula is C14H22ClN3O2. The standard InChI is InChI=1S/C14H22ClN3O2/c1-9(2)18-13(11(15)6-16-18)14(19)12-7-17-5-3-4-10(17)8-20-12/h6,9-10,12,14,19H,3-5,7-8H2,1-2H3. The van der Waals surface area contributed by atoms with Crippen molar-refractivity contribution in [2.45, 2.75) is 51.0 Å². The van der Waals surface area contributed by atoms with E-state index in [1.54, 1.807) is 10.9 Å². The monoisotopic (exact) mass is 299 g/mol. The number of ether oxygens (including phenoxy) is 1. The van der Waals surface area contributed by atoms with E-state index in [-0.39, 0.29) is 12.1 Å². The van der Waals surface area contributed by atoms with Crippen LogP contribution in [-0.4, -0.2) is 51.6 Å². The predicted molar refractivity (Wildman–Crippen MR) is 76.9 cm³/mol. The summed E-state index contributed by atoms with van der Waals surface area (Å²) >= 11 is 6.20. The average molecular weight is 300 g/mol. The summed E-state index contributed by atoms with van der Waals surface area (Å²) in [4.78, 5) is 2.42. The van der Waals surface area contributed by atoms with Crippen LogP contribution in [-0.2, 0) is 4.74 Å². The molecule has 6 heteroatoms. The van der Waals surface area contributed by atoms with Crippen molar-refractivity contribution >= 4 is 11.6 Å². The smallest absolute Gasteiger partial charge is 0.124 e. The molecule has 3 unspecified atom stereocenters. The van der Waals surface area contributed by atoms with Gasteiger partial charge in [0.2, 0.25) is 0 Å². The summed E-state index contributed by atoms with van der Waals surface area (Å²) < 4.78 is 7.66. The topological polar surface area (TPSA) is 50.5 Å². The second-order valence-electron chi connectivity index (χ2n) is 6.02. The van der Waals surface area contributed by atoms with Crippen molar-refractivity contribution in [1.82, 2.24) is 14.7 Å². The Hall–Kier alpha value is -0.620. The maximum atomic E-state index is 10.7. The van der Waals surface area contributed by atoms with Crippen LogP contribution in [0.2, 0.25) is 5.02 Å². The number of fused-ring (bicyclic) bond motifs is 1. The summed E-state index contributed by atoms with van der Waals surface area (Å²) in [5.74, 6) is 0. The molecule has 3 atom stereocenters. The van der Waals surface area contributed by atoms with Gasteiger partial charge in [-0.3, -0.25) is 9.58 Å². The van der Waals surface area contributed by atoms with E-state index >= 15 is 0 Å². The number of aliphatic hydroxyl groups excluding tert-OH is 1. The summed E-state index contributed by atoms with van der Waals surface area (Å²) in [7, 11) is 0. The molecule has 0 bridgehead atoms. The van der Waals surface area contributed by atoms with Crippen LogP contribution in [0.3, 0.4) is 0 Å². The molecule has 112 valence electrons. The minimum absolute atomic E-state index is 0.162. The Bertz CT molecular complexity index is 477. The fourth-order valence-electron chi connectivity index (χ4n) is 3.25. The third-order valence-electron chi connectivity index (χ3n) is 4.32. The fraction of sp³-hybridized carbons (Fsp3) is 0.786. The minimum atomic E-state index is -0.728. The third kappa shape index (κ3) is 2.48. The van der Waals surface area contributed by atoms with Crippen LogP contribution < -0.4 is 0 Å². The van der Waals surface area contributed by atoms with Gasteiger partial charge in [-0.05, 0) is 33.2 Å².